The van der Waals surface area contributed by atoms with Gasteiger partial charge >= 0.3 is 0 Å². The van der Waals surface area contributed by atoms with Crippen LogP contribution in [-0.2, 0) is 6.42 Å². The summed E-state index contributed by atoms with van der Waals surface area (Å²) < 4.78 is 0. The highest BCUT2D eigenvalue weighted by Gasteiger charge is 2.44. The number of benzene rings is 1. The summed E-state index contributed by atoms with van der Waals surface area (Å²) in [5, 5.41) is 3.41. The molecule has 1 heterocycles. The van der Waals surface area contributed by atoms with Crippen molar-refractivity contribution in [2.45, 2.75) is 25.3 Å². The Bertz CT molecular complexity index is 533. The predicted octanol–water partition coefficient (Wildman–Crippen LogP) is 1.31. The zero-order valence-corrected chi connectivity index (χ0v) is 12.3. The van der Waals surface area contributed by atoms with Crippen molar-refractivity contribution in [3.05, 3.63) is 34.9 Å². The molecule has 1 spiro atoms. The van der Waals surface area contributed by atoms with Gasteiger partial charge < -0.3 is 16.0 Å². The second-order valence-electron chi connectivity index (χ2n) is 6.38. The van der Waals surface area contributed by atoms with Crippen LogP contribution in [0.25, 0.3) is 0 Å². The first kappa shape index (κ1) is 13.6. The van der Waals surface area contributed by atoms with E-state index in [1.165, 1.54) is 11.1 Å². The molecule has 3 rings (SSSR count). The van der Waals surface area contributed by atoms with Crippen molar-refractivity contribution >= 4 is 5.91 Å². The molecular weight excluding hydrogens is 250 g/mol. The van der Waals surface area contributed by atoms with Crippen LogP contribution in [0.5, 0.6) is 0 Å². The topological polar surface area (TPSA) is 58.4 Å². The fraction of sp³-hybridized carbons (Fsp3) is 0.562. The van der Waals surface area contributed by atoms with Crippen LogP contribution in [0.15, 0.2) is 18.2 Å². The third kappa shape index (κ3) is 2.03. The summed E-state index contributed by atoms with van der Waals surface area (Å²) in [4.78, 5) is 13.7. The quantitative estimate of drug-likeness (QED) is 0.811. The van der Waals surface area contributed by atoms with E-state index in [1.54, 1.807) is 19.0 Å². The number of carbonyl (C=O) groups excluding carboxylic acids is 1. The summed E-state index contributed by atoms with van der Waals surface area (Å²) in [6.07, 6.45) is 3.31. The predicted molar refractivity (Wildman–Crippen MR) is 79.6 cm³/mol. The van der Waals surface area contributed by atoms with Crippen LogP contribution < -0.4 is 11.1 Å². The van der Waals surface area contributed by atoms with Gasteiger partial charge in [-0.15, -0.1) is 0 Å². The maximum absolute atomic E-state index is 12.1. The third-order valence-electron chi connectivity index (χ3n) is 4.94. The van der Waals surface area contributed by atoms with E-state index in [0.717, 1.165) is 37.9 Å². The van der Waals surface area contributed by atoms with E-state index in [-0.39, 0.29) is 17.4 Å². The molecule has 108 valence electrons. The summed E-state index contributed by atoms with van der Waals surface area (Å²) in [6, 6.07) is 6.12. The van der Waals surface area contributed by atoms with Crippen molar-refractivity contribution < 1.29 is 4.79 Å². The zero-order valence-electron chi connectivity index (χ0n) is 12.3. The Morgan fingerprint density at radius 1 is 1.35 bits per heavy atom. The molecule has 1 aliphatic carbocycles. The maximum Gasteiger partial charge on any atom is 0.253 e. The zero-order chi connectivity index (χ0) is 14.3. The minimum absolute atomic E-state index is 0.0475. The van der Waals surface area contributed by atoms with Gasteiger partial charge in [-0.05, 0) is 61.0 Å². The van der Waals surface area contributed by atoms with Crippen LogP contribution in [0, 0.1) is 5.41 Å². The number of hydrogen-bond donors (Lipinski definition) is 2. The van der Waals surface area contributed by atoms with Gasteiger partial charge in [-0.2, -0.15) is 0 Å². The fourth-order valence-electron chi connectivity index (χ4n) is 3.67. The summed E-state index contributed by atoms with van der Waals surface area (Å²) in [5.41, 5.74) is 10.0. The Morgan fingerprint density at radius 2 is 2.05 bits per heavy atom. The number of piperidine rings is 1. The van der Waals surface area contributed by atoms with Crippen LogP contribution in [0.3, 0.4) is 0 Å². The number of nitrogens with zero attached hydrogens (tertiary/aromatic N) is 1. The van der Waals surface area contributed by atoms with Gasteiger partial charge in [0.1, 0.15) is 0 Å². The van der Waals surface area contributed by atoms with Crippen molar-refractivity contribution in [1.82, 2.24) is 10.2 Å². The molecule has 4 nitrogen and oxygen atoms in total. The molecule has 1 unspecified atom stereocenters. The van der Waals surface area contributed by atoms with Crippen LogP contribution in [0.4, 0.5) is 0 Å². The second kappa shape index (κ2) is 4.86. The smallest absolute Gasteiger partial charge is 0.253 e. The molecule has 1 saturated heterocycles. The molecule has 3 N–H and O–H groups in total. The summed E-state index contributed by atoms with van der Waals surface area (Å²) >= 11 is 0. The molecule has 2 aliphatic rings. The van der Waals surface area contributed by atoms with Crippen LogP contribution in [0.1, 0.15) is 40.4 Å². The highest BCUT2D eigenvalue weighted by Crippen LogP contribution is 2.49. The van der Waals surface area contributed by atoms with Crippen LogP contribution >= 0.6 is 0 Å². The normalized spacial score (nSPS) is 23.6. The van der Waals surface area contributed by atoms with Gasteiger partial charge in [0.25, 0.3) is 5.91 Å². The lowest BCUT2D eigenvalue weighted by Crippen LogP contribution is -2.42. The summed E-state index contributed by atoms with van der Waals surface area (Å²) in [6.45, 7) is 2.09. The lowest BCUT2D eigenvalue weighted by atomic mass is 9.73. The molecule has 0 saturated carbocycles. The van der Waals surface area contributed by atoms with Crippen molar-refractivity contribution in [1.29, 1.82) is 0 Å². The molecule has 0 radical (unpaired) electrons. The van der Waals surface area contributed by atoms with Gasteiger partial charge in [0.15, 0.2) is 0 Å². The molecule has 0 bridgehead atoms. The van der Waals surface area contributed by atoms with Crippen molar-refractivity contribution in [2.75, 3.05) is 27.2 Å². The van der Waals surface area contributed by atoms with Gasteiger partial charge in [-0.1, -0.05) is 6.07 Å². The Morgan fingerprint density at radius 3 is 2.70 bits per heavy atom. The molecular formula is C16H23N3O. The molecule has 1 amide bonds. The summed E-state index contributed by atoms with van der Waals surface area (Å²) in [5.74, 6) is 0.0475. The van der Waals surface area contributed by atoms with Crippen molar-refractivity contribution in [3.63, 3.8) is 0 Å². The molecule has 1 aromatic carbocycles. The maximum atomic E-state index is 12.1. The van der Waals surface area contributed by atoms with E-state index in [2.05, 4.69) is 11.4 Å². The average molecular weight is 273 g/mol. The minimum Gasteiger partial charge on any atom is -0.345 e. The number of nitrogens with one attached hydrogen (secondary N) is 1. The fourth-order valence-corrected chi connectivity index (χ4v) is 3.67. The van der Waals surface area contributed by atoms with Gasteiger partial charge in [0.05, 0.1) is 0 Å². The highest BCUT2D eigenvalue weighted by molar-refractivity contribution is 5.94. The summed E-state index contributed by atoms with van der Waals surface area (Å²) in [7, 11) is 3.56. The third-order valence-corrected chi connectivity index (χ3v) is 4.94. The van der Waals surface area contributed by atoms with Gasteiger partial charge in [0, 0.05) is 25.7 Å². The molecule has 1 fully saturated rings. The SMILES string of the molecule is CN(C)C(=O)c1ccc2c(c1)C(N)C1(CCNCC1)C2. The molecule has 20 heavy (non-hydrogen) atoms. The number of amides is 1. The minimum atomic E-state index is 0.0475. The molecule has 1 atom stereocenters. The van der Waals surface area contributed by atoms with Crippen LogP contribution in [0.2, 0.25) is 0 Å². The van der Waals surface area contributed by atoms with E-state index < -0.39 is 0 Å². The Labute approximate surface area is 120 Å². The van der Waals surface area contributed by atoms with E-state index >= 15 is 0 Å². The van der Waals surface area contributed by atoms with E-state index in [9.17, 15) is 4.79 Å². The Kier molecular flexibility index (Phi) is 3.30. The molecule has 4 heteroatoms. The Hall–Kier alpha value is -1.39. The first-order valence-electron chi connectivity index (χ1n) is 7.34. The van der Waals surface area contributed by atoms with Gasteiger partial charge in [0.2, 0.25) is 0 Å². The standard InChI is InChI=1S/C16H23N3O/c1-19(2)15(20)11-3-4-12-10-16(5-7-18-8-6-16)14(17)13(12)9-11/h3-4,9,14,18H,5-8,10,17H2,1-2H3. The van der Waals surface area contributed by atoms with E-state index in [4.69, 9.17) is 5.73 Å². The molecule has 0 aromatic heterocycles. The number of fused-ring (bicyclic) bond motifs is 1. The van der Waals surface area contributed by atoms with Gasteiger partial charge in [-0.3, -0.25) is 4.79 Å². The number of carbonyl (C=O) groups is 1. The number of nitrogens with two attached hydrogens (primary N) is 1. The first-order valence-corrected chi connectivity index (χ1v) is 7.34. The second-order valence-corrected chi connectivity index (χ2v) is 6.38. The van der Waals surface area contributed by atoms with E-state index in [1.807, 2.05) is 12.1 Å². The van der Waals surface area contributed by atoms with Crippen molar-refractivity contribution in [2.24, 2.45) is 11.1 Å². The lowest BCUT2D eigenvalue weighted by Gasteiger charge is -2.37. The van der Waals surface area contributed by atoms with Gasteiger partial charge in [-0.25, -0.2) is 0 Å². The number of rotatable bonds is 1. The average Bonchev–Trinajstić information content (AvgIpc) is 2.71. The molecule has 1 aromatic rings. The number of hydrogen-bond acceptors (Lipinski definition) is 3. The first-order chi connectivity index (χ1) is 9.53. The van der Waals surface area contributed by atoms with Crippen molar-refractivity contribution in [3.8, 4) is 0 Å². The van der Waals surface area contributed by atoms with E-state index in [0.29, 0.717) is 0 Å². The largest absolute Gasteiger partial charge is 0.345 e. The molecule has 1 aliphatic heterocycles. The Balaban J connectivity index is 1.93. The van der Waals surface area contributed by atoms with Crippen LogP contribution in [-0.4, -0.2) is 38.0 Å². The highest BCUT2D eigenvalue weighted by atomic mass is 16.2. The monoisotopic (exact) mass is 273 g/mol. The lowest BCUT2D eigenvalue weighted by molar-refractivity contribution is 0.0827.